The van der Waals surface area contributed by atoms with Crippen LogP contribution in [-0.2, 0) is 4.79 Å². The van der Waals surface area contributed by atoms with Crippen LogP contribution in [0.3, 0.4) is 0 Å². The van der Waals surface area contributed by atoms with Crippen LogP contribution < -0.4 is 5.84 Å². The van der Waals surface area contributed by atoms with E-state index in [9.17, 15) is 4.79 Å². The average molecular weight is 203 g/mol. The minimum absolute atomic E-state index is 0.0942. The molecule has 1 fully saturated rings. The molecule has 0 bridgehead atoms. The Bertz CT molecular complexity index is 194. The number of hydrogen-bond donors (Lipinski definition) is 3. The Morgan fingerprint density at radius 1 is 1.43 bits per heavy atom. The molecular weight excluding hydrogens is 186 g/mol. The van der Waals surface area contributed by atoms with Gasteiger partial charge in [0.25, 0.3) is 0 Å². The topological polar surface area (TPSA) is 90.0 Å². The van der Waals surface area contributed by atoms with Crippen LogP contribution in [0.1, 0.15) is 6.42 Å². The van der Waals surface area contributed by atoms with Gasteiger partial charge in [0, 0.05) is 19.6 Å². The molecule has 0 radical (unpaired) electrons. The van der Waals surface area contributed by atoms with Gasteiger partial charge in [-0.25, -0.2) is 5.01 Å². The molecule has 6 nitrogen and oxygen atoms in total. The van der Waals surface area contributed by atoms with Crippen molar-refractivity contribution < 1.29 is 15.0 Å². The number of aliphatic hydroxyl groups excluding tert-OH is 2. The van der Waals surface area contributed by atoms with Crippen molar-refractivity contribution in [2.24, 2.45) is 5.84 Å². The molecule has 1 amide bonds. The van der Waals surface area contributed by atoms with Gasteiger partial charge in [0.15, 0.2) is 0 Å². The zero-order valence-electron chi connectivity index (χ0n) is 8.09. The summed E-state index contributed by atoms with van der Waals surface area (Å²) < 4.78 is 0. The first kappa shape index (κ1) is 11.4. The Morgan fingerprint density at radius 2 is 2.00 bits per heavy atom. The van der Waals surface area contributed by atoms with E-state index in [4.69, 9.17) is 16.1 Å². The van der Waals surface area contributed by atoms with E-state index >= 15 is 0 Å². The fourth-order valence-corrected chi connectivity index (χ4v) is 1.46. The second-order valence-electron chi connectivity index (χ2n) is 3.31. The van der Waals surface area contributed by atoms with Gasteiger partial charge in [-0.3, -0.25) is 10.6 Å². The first-order valence-corrected chi connectivity index (χ1v) is 4.72. The lowest BCUT2D eigenvalue weighted by Gasteiger charge is -2.38. The van der Waals surface area contributed by atoms with Gasteiger partial charge >= 0.3 is 0 Å². The van der Waals surface area contributed by atoms with Gasteiger partial charge in [-0.2, -0.15) is 0 Å². The Labute approximate surface area is 82.9 Å². The van der Waals surface area contributed by atoms with Crippen LogP contribution in [-0.4, -0.2) is 64.9 Å². The highest BCUT2D eigenvalue weighted by Gasteiger charge is 2.34. The summed E-state index contributed by atoms with van der Waals surface area (Å²) in [5.74, 6) is 5.41. The number of carbonyl (C=O) groups is 1. The molecule has 0 aromatic heterocycles. The summed E-state index contributed by atoms with van der Waals surface area (Å²) in [6.07, 6.45) is 0.753. The third-order valence-electron chi connectivity index (χ3n) is 2.40. The number of hydrogen-bond acceptors (Lipinski definition) is 5. The van der Waals surface area contributed by atoms with Crippen LogP contribution in [0.4, 0.5) is 0 Å². The fraction of sp³-hybridized carbons (Fsp3) is 0.875. The molecule has 0 saturated carbocycles. The molecule has 4 N–H and O–H groups in total. The van der Waals surface area contributed by atoms with Crippen LogP contribution in [0.2, 0.25) is 0 Å². The molecule has 0 spiro atoms. The first-order valence-electron chi connectivity index (χ1n) is 4.72. The Kier molecular flexibility index (Phi) is 4.27. The number of hydrazine groups is 1. The zero-order valence-corrected chi connectivity index (χ0v) is 8.09. The Hall–Kier alpha value is -0.690. The van der Waals surface area contributed by atoms with E-state index in [0.29, 0.717) is 0 Å². The van der Waals surface area contributed by atoms with Crippen molar-refractivity contribution in [3.05, 3.63) is 0 Å². The number of rotatable bonds is 5. The predicted molar refractivity (Wildman–Crippen MR) is 50.1 cm³/mol. The molecular formula is C8H17N3O3. The van der Waals surface area contributed by atoms with Crippen LogP contribution in [0, 0.1) is 0 Å². The van der Waals surface area contributed by atoms with Crippen LogP contribution in [0.5, 0.6) is 0 Å². The molecule has 82 valence electrons. The normalized spacial score (nSPS) is 21.8. The quantitative estimate of drug-likeness (QED) is 0.439. The molecule has 0 aromatic carbocycles. The van der Waals surface area contributed by atoms with Crippen molar-refractivity contribution in [1.29, 1.82) is 0 Å². The van der Waals surface area contributed by atoms with E-state index in [0.717, 1.165) is 13.0 Å². The van der Waals surface area contributed by atoms with E-state index in [1.54, 1.807) is 0 Å². The number of nitrogens with zero attached hydrogens (tertiary/aromatic N) is 2. The zero-order chi connectivity index (χ0) is 10.6. The Balaban J connectivity index is 2.45. The maximum Gasteiger partial charge on any atom is 0.241 e. The van der Waals surface area contributed by atoms with Gasteiger partial charge in [0.1, 0.15) is 6.04 Å². The standard InChI is InChI=1S/C8H17N3O3/c9-11-2-1-7(11)8(14)10(3-5-12)4-6-13/h7,12-13H,1-6,9H2/t7-/m0/s1. The van der Waals surface area contributed by atoms with Crippen molar-refractivity contribution in [2.75, 3.05) is 32.8 Å². The van der Waals surface area contributed by atoms with Crippen LogP contribution >= 0.6 is 0 Å². The highest BCUT2D eigenvalue weighted by Crippen LogP contribution is 2.14. The monoisotopic (exact) mass is 203 g/mol. The van der Waals surface area contributed by atoms with E-state index in [-0.39, 0.29) is 38.3 Å². The second kappa shape index (κ2) is 5.26. The van der Waals surface area contributed by atoms with Crippen LogP contribution in [0.15, 0.2) is 0 Å². The lowest BCUT2D eigenvalue weighted by Crippen LogP contribution is -2.60. The third kappa shape index (κ3) is 2.42. The summed E-state index contributed by atoms with van der Waals surface area (Å²) in [5.41, 5.74) is 0. The fourth-order valence-electron chi connectivity index (χ4n) is 1.46. The van der Waals surface area contributed by atoms with Gasteiger partial charge in [-0.15, -0.1) is 0 Å². The lowest BCUT2D eigenvalue weighted by molar-refractivity contribution is -0.142. The van der Waals surface area contributed by atoms with Crippen LogP contribution in [0.25, 0.3) is 0 Å². The molecule has 14 heavy (non-hydrogen) atoms. The molecule has 0 unspecified atom stereocenters. The molecule has 1 aliphatic rings. The van der Waals surface area contributed by atoms with E-state index in [1.807, 2.05) is 0 Å². The lowest BCUT2D eigenvalue weighted by atomic mass is 10.0. The SMILES string of the molecule is NN1CC[C@H]1C(=O)N(CCO)CCO. The maximum atomic E-state index is 11.7. The van der Waals surface area contributed by atoms with Crippen molar-refractivity contribution in [1.82, 2.24) is 9.91 Å². The number of aliphatic hydroxyl groups is 2. The van der Waals surface area contributed by atoms with Crippen molar-refractivity contribution in [3.63, 3.8) is 0 Å². The highest BCUT2D eigenvalue weighted by atomic mass is 16.3. The van der Waals surface area contributed by atoms with Gasteiger partial charge in [0.2, 0.25) is 5.91 Å². The number of amides is 1. The molecule has 0 aromatic rings. The summed E-state index contributed by atoms with van der Waals surface area (Å²) in [4.78, 5) is 13.1. The summed E-state index contributed by atoms with van der Waals surface area (Å²) in [5, 5.41) is 18.9. The smallest absolute Gasteiger partial charge is 0.241 e. The largest absolute Gasteiger partial charge is 0.395 e. The molecule has 1 rings (SSSR count). The van der Waals surface area contributed by atoms with E-state index in [1.165, 1.54) is 9.91 Å². The minimum atomic E-state index is -0.270. The third-order valence-corrected chi connectivity index (χ3v) is 2.40. The molecule has 1 aliphatic heterocycles. The summed E-state index contributed by atoms with van der Waals surface area (Å²) >= 11 is 0. The van der Waals surface area contributed by atoms with Gasteiger partial charge in [0.05, 0.1) is 13.2 Å². The Morgan fingerprint density at radius 3 is 2.29 bits per heavy atom. The first-order chi connectivity index (χ1) is 6.70. The van der Waals surface area contributed by atoms with E-state index < -0.39 is 0 Å². The summed E-state index contributed by atoms with van der Waals surface area (Å²) in [6.45, 7) is 1.04. The number of nitrogens with two attached hydrogens (primary N) is 1. The van der Waals surface area contributed by atoms with Crippen molar-refractivity contribution in [3.8, 4) is 0 Å². The summed E-state index contributed by atoms with van der Waals surface area (Å²) in [7, 11) is 0. The predicted octanol–water partition coefficient (Wildman–Crippen LogP) is -2.25. The highest BCUT2D eigenvalue weighted by molar-refractivity contribution is 5.82. The van der Waals surface area contributed by atoms with Crippen molar-refractivity contribution in [2.45, 2.75) is 12.5 Å². The average Bonchev–Trinajstić information content (AvgIpc) is 2.15. The van der Waals surface area contributed by atoms with Gasteiger partial charge < -0.3 is 15.1 Å². The van der Waals surface area contributed by atoms with Crippen molar-refractivity contribution >= 4 is 5.91 Å². The summed E-state index contributed by atoms with van der Waals surface area (Å²) in [6, 6.07) is -0.270. The molecule has 1 heterocycles. The molecule has 0 aliphatic carbocycles. The number of carbonyl (C=O) groups excluding carboxylic acids is 1. The van der Waals surface area contributed by atoms with E-state index in [2.05, 4.69) is 0 Å². The molecule has 1 saturated heterocycles. The molecule has 6 heteroatoms. The van der Waals surface area contributed by atoms with Gasteiger partial charge in [-0.1, -0.05) is 0 Å². The maximum absolute atomic E-state index is 11.7. The van der Waals surface area contributed by atoms with Gasteiger partial charge in [-0.05, 0) is 6.42 Å². The minimum Gasteiger partial charge on any atom is -0.395 e. The molecule has 1 atom stereocenters. The second-order valence-corrected chi connectivity index (χ2v) is 3.31.